The molecule has 3 rings (SSSR count). The Hall–Kier alpha value is -0.200. The number of piperidine rings is 1. The SMILES string of the molecule is OC1CCCCC1NC1CCN(CCN2CCOCC2)CC1. The predicted octanol–water partition coefficient (Wildman–Crippen LogP) is 0.676. The molecule has 2 unspecified atom stereocenters. The van der Waals surface area contributed by atoms with Crippen molar-refractivity contribution in [3.05, 3.63) is 0 Å². The van der Waals surface area contributed by atoms with Crippen molar-refractivity contribution in [2.45, 2.75) is 56.7 Å². The van der Waals surface area contributed by atoms with E-state index in [9.17, 15) is 5.11 Å². The van der Waals surface area contributed by atoms with Gasteiger partial charge in [0.1, 0.15) is 0 Å². The summed E-state index contributed by atoms with van der Waals surface area (Å²) in [6.45, 7) is 8.76. The lowest BCUT2D eigenvalue weighted by molar-refractivity contribution is 0.0310. The van der Waals surface area contributed by atoms with Crippen LogP contribution in [0.2, 0.25) is 0 Å². The van der Waals surface area contributed by atoms with E-state index in [-0.39, 0.29) is 6.10 Å². The standard InChI is InChI=1S/C17H33N3O2/c21-17-4-2-1-3-16(17)18-15-5-7-19(8-6-15)9-10-20-11-13-22-14-12-20/h15-18,21H,1-14H2. The van der Waals surface area contributed by atoms with E-state index >= 15 is 0 Å². The van der Waals surface area contributed by atoms with Crippen molar-refractivity contribution in [2.24, 2.45) is 0 Å². The lowest BCUT2D eigenvalue weighted by Crippen LogP contribution is -2.51. The normalized spacial score (nSPS) is 33.1. The van der Waals surface area contributed by atoms with Crippen LogP contribution in [0.1, 0.15) is 38.5 Å². The maximum atomic E-state index is 10.1. The van der Waals surface area contributed by atoms with Gasteiger partial charge in [-0.25, -0.2) is 0 Å². The van der Waals surface area contributed by atoms with Crippen molar-refractivity contribution in [1.82, 2.24) is 15.1 Å². The summed E-state index contributed by atoms with van der Waals surface area (Å²) in [6.07, 6.45) is 6.94. The molecule has 2 atom stereocenters. The summed E-state index contributed by atoms with van der Waals surface area (Å²) in [5.74, 6) is 0. The van der Waals surface area contributed by atoms with E-state index in [4.69, 9.17) is 4.74 Å². The number of hydrogen-bond acceptors (Lipinski definition) is 5. The van der Waals surface area contributed by atoms with Gasteiger partial charge in [-0.05, 0) is 38.8 Å². The predicted molar refractivity (Wildman–Crippen MR) is 88.1 cm³/mol. The van der Waals surface area contributed by atoms with Crippen molar-refractivity contribution in [3.63, 3.8) is 0 Å². The minimum absolute atomic E-state index is 0.117. The van der Waals surface area contributed by atoms with E-state index in [0.717, 1.165) is 39.1 Å². The number of hydrogen-bond donors (Lipinski definition) is 2. The molecule has 2 N–H and O–H groups in total. The van der Waals surface area contributed by atoms with E-state index < -0.39 is 0 Å². The molecular weight excluding hydrogens is 278 g/mol. The van der Waals surface area contributed by atoms with Crippen LogP contribution in [0.4, 0.5) is 0 Å². The van der Waals surface area contributed by atoms with Gasteiger partial charge in [-0.15, -0.1) is 0 Å². The van der Waals surface area contributed by atoms with Gasteiger partial charge in [-0.3, -0.25) is 4.90 Å². The van der Waals surface area contributed by atoms with Gasteiger partial charge in [-0.1, -0.05) is 12.8 Å². The summed E-state index contributed by atoms with van der Waals surface area (Å²) in [4.78, 5) is 5.12. The zero-order valence-corrected chi connectivity index (χ0v) is 13.9. The van der Waals surface area contributed by atoms with Gasteiger partial charge in [0.05, 0.1) is 19.3 Å². The van der Waals surface area contributed by atoms with Crippen LogP contribution >= 0.6 is 0 Å². The Bertz CT molecular complexity index is 315. The fourth-order valence-electron chi connectivity index (χ4n) is 4.04. The molecule has 0 aromatic heterocycles. The summed E-state index contributed by atoms with van der Waals surface area (Å²) >= 11 is 0. The number of aliphatic hydroxyl groups excluding tert-OH is 1. The first-order valence-electron chi connectivity index (χ1n) is 9.28. The van der Waals surface area contributed by atoms with Crippen LogP contribution in [0.15, 0.2) is 0 Å². The molecule has 1 saturated carbocycles. The van der Waals surface area contributed by atoms with Crippen LogP contribution in [-0.4, -0.2) is 85.6 Å². The second-order valence-electron chi connectivity index (χ2n) is 7.19. The van der Waals surface area contributed by atoms with Crippen LogP contribution in [0.3, 0.4) is 0 Å². The van der Waals surface area contributed by atoms with E-state index in [1.807, 2.05) is 0 Å². The number of ether oxygens (including phenoxy) is 1. The minimum atomic E-state index is -0.117. The zero-order chi connectivity index (χ0) is 15.2. The average Bonchev–Trinajstić information content (AvgIpc) is 2.57. The second-order valence-corrected chi connectivity index (χ2v) is 7.19. The molecule has 0 radical (unpaired) electrons. The molecule has 22 heavy (non-hydrogen) atoms. The highest BCUT2D eigenvalue weighted by Gasteiger charge is 2.27. The summed E-state index contributed by atoms with van der Waals surface area (Å²) in [5, 5.41) is 13.8. The third-order valence-electron chi connectivity index (χ3n) is 5.60. The van der Waals surface area contributed by atoms with E-state index in [1.165, 1.54) is 51.9 Å². The molecule has 3 aliphatic rings. The van der Waals surface area contributed by atoms with Crippen LogP contribution in [-0.2, 0) is 4.74 Å². The lowest BCUT2D eigenvalue weighted by atomic mass is 9.91. The van der Waals surface area contributed by atoms with E-state index in [1.54, 1.807) is 0 Å². The van der Waals surface area contributed by atoms with Crippen molar-refractivity contribution < 1.29 is 9.84 Å². The Balaban J connectivity index is 1.31. The Morgan fingerprint density at radius 1 is 0.864 bits per heavy atom. The second kappa shape index (κ2) is 8.60. The Labute approximate surface area is 135 Å². The molecular formula is C17H33N3O2. The van der Waals surface area contributed by atoms with Crippen molar-refractivity contribution in [1.29, 1.82) is 0 Å². The number of rotatable bonds is 5. The van der Waals surface area contributed by atoms with Crippen LogP contribution < -0.4 is 5.32 Å². The van der Waals surface area contributed by atoms with Gasteiger partial charge in [0.25, 0.3) is 0 Å². The Kier molecular flexibility index (Phi) is 6.51. The van der Waals surface area contributed by atoms with Crippen LogP contribution in [0, 0.1) is 0 Å². The van der Waals surface area contributed by atoms with Crippen molar-refractivity contribution >= 4 is 0 Å². The highest BCUT2D eigenvalue weighted by atomic mass is 16.5. The van der Waals surface area contributed by atoms with Gasteiger partial charge in [0.15, 0.2) is 0 Å². The first-order chi connectivity index (χ1) is 10.8. The molecule has 0 aromatic carbocycles. The molecule has 128 valence electrons. The van der Waals surface area contributed by atoms with Gasteiger partial charge >= 0.3 is 0 Å². The highest BCUT2D eigenvalue weighted by molar-refractivity contribution is 4.86. The number of nitrogens with zero attached hydrogens (tertiary/aromatic N) is 2. The monoisotopic (exact) mass is 311 g/mol. The van der Waals surface area contributed by atoms with Gasteiger partial charge < -0.3 is 20.1 Å². The third-order valence-corrected chi connectivity index (χ3v) is 5.60. The van der Waals surface area contributed by atoms with Crippen molar-refractivity contribution in [2.75, 3.05) is 52.5 Å². The Morgan fingerprint density at radius 3 is 2.18 bits per heavy atom. The molecule has 0 bridgehead atoms. The largest absolute Gasteiger partial charge is 0.392 e. The number of likely N-dealkylation sites (tertiary alicyclic amines) is 1. The zero-order valence-electron chi connectivity index (χ0n) is 13.9. The van der Waals surface area contributed by atoms with Gasteiger partial charge in [-0.2, -0.15) is 0 Å². The molecule has 0 spiro atoms. The number of aliphatic hydroxyl groups is 1. The Morgan fingerprint density at radius 2 is 1.50 bits per heavy atom. The quantitative estimate of drug-likeness (QED) is 0.782. The molecule has 2 aliphatic heterocycles. The maximum Gasteiger partial charge on any atom is 0.0693 e. The van der Waals surface area contributed by atoms with Crippen LogP contribution in [0.5, 0.6) is 0 Å². The summed E-state index contributed by atoms with van der Waals surface area (Å²) < 4.78 is 5.40. The third kappa shape index (κ3) is 4.90. The van der Waals surface area contributed by atoms with E-state index in [0.29, 0.717) is 12.1 Å². The molecule has 5 heteroatoms. The molecule has 1 aliphatic carbocycles. The topological polar surface area (TPSA) is 48.0 Å². The number of morpholine rings is 1. The van der Waals surface area contributed by atoms with Crippen LogP contribution in [0.25, 0.3) is 0 Å². The first-order valence-corrected chi connectivity index (χ1v) is 9.28. The molecule has 3 fully saturated rings. The molecule has 2 saturated heterocycles. The molecule has 0 amide bonds. The summed E-state index contributed by atoms with van der Waals surface area (Å²) in [6, 6.07) is 0.955. The fourth-order valence-corrected chi connectivity index (χ4v) is 4.04. The van der Waals surface area contributed by atoms with Crippen molar-refractivity contribution in [3.8, 4) is 0 Å². The highest BCUT2D eigenvalue weighted by Crippen LogP contribution is 2.20. The van der Waals surface area contributed by atoms with Gasteiger partial charge in [0.2, 0.25) is 0 Å². The van der Waals surface area contributed by atoms with E-state index in [2.05, 4.69) is 15.1 Å². The minimum Gasteiger partial charge on any atom is -0.392 e. The summed E-state index contributed by atoms with van der Waals surface area (Å²) in [7, 11) is 0. The fraction of sp³-hybridized carbons (Fsp3) is 1.00. The summed E-state index contributed by atoms with van der Waals surface area (Å²) in [5.41, 5.74) is 0. The smallest absolute Gasteiger partial charge is 0.0693 e. The average molecular weight is 311 g/mol. The first kappa shape index (κ1) is 16.7. The van der Waals surface area contributed by atoms with Gasteiger partial charge in [0, 0.05) is 38.3 Å². The number of nitrogens with one attached hydrogen (secondary N) is 1. The molecule has 0 aromatic rings. The maximum absolute atomic E-state index is 10.1. The lowest BCUT2D eigenvalue weighted by Gasteiger charge is -2.38. The molecule has 2 heterocycles. The molecule has 5 nitrogen and oxygen atoms in total.